The van der Waals surface area contributed by atoms with Gasteiger partial charge in [-0.1, -0.05) is 11.3 Å². The summed E-state index contributed by atoms with van der Waals surface area (Å²) in [6.45, 7) is 0. The number of amides is 1. The Hall–Kier alpha value is -2.80. The van der Waals surface area contributed by atoms with Gasteiger partial charge in [0.1, 0.15) is 0 Å². The molecule has 3 rings (SSSR count). The van der Waals surface area contributed by atoms with Crippen molar-refractivity contribution in [2.75, 3.05) is 5.32 Å². The van der Waals surface area contributed by atoms with Crippen molar-refractivity contribution >= 4 is 39.8 Å². The second-order valence-corrected chi connectivity index (χ2v) is 5.66. The van der Waals surface area contributed by atoms with Crippen LogP contribution in [0.15, 0.2) is 35.7 Å². The number of benzene rings is 1. The minimum absolute atomic E-state index is 0.0363. The summed E-state index contributed by atoms with van der Waals surface area (Å²) in [7, 11) is 0. The predicted octanol–water partition coefficient (Wildman–Crippen LogP) is 3.05. The van der Waals surface area contributed by atoms with Gasteiger partial charge in [0.2, 0.25) is 5.91 Å². The van der Waals surface area contributed by atoms with Crippen molar-refractivity contribution in [1.29, 1.82) is 0 Å². The molecular formula is C15H10N2O4S. The highest BCUT2D eigenvalue weighted by atomic mass is 32.1. The number of nitrogens with one attached hydrogen (secondary N) is 1. The van der Waals surface area contributed by atoms with Crippen molar-refractivity contribution in [3.63, 3.8) is 0 Å². The molecule has 0 unspecified atom stereocenters. The minimum Gasteiger partial charge on any atom is -0.326 e. The number of allylic oxidation sites excluding steroid dienone is 1. The van der Waals surface area contributed by atoms with Crippen molar-refractivity contribution in [3.05, 3.63) is 62.5 Å². The normalized spacial score (nSPS) is 13.2. The number of carbonyl (C=O) groups is 2. The first-order valence-corrected chi connectivity index (χ1v) is 7.29. The van der Waals surface area contributed by atoms with Crippen LogP contribution in [0.1, 0.15) is 21.5 Å². The Balaban J connectivity index is 1.77. The first-order valence-electron chi connectivity index (χ1n) is 6.41. The van der Waals surface area contributed by atoms with Crippen molar-refractivity contribution in [1.82, 2.24) is 0 Å². The quantitative estimate of drug-likeness (QED) is 0.406. The summed E-state index contributed by atoms with van der Waals surface area (Å²) in [5, 5.41) is 15.0. The van der Waals surface area contributed by atoms with E-state index >= 15 is 0 Å². The zero-order valence-corrected chi connectivity index (χ0v) is 12.1. The van der Waals surface area contributed by atoms with Gasteiger partial charge in [-0.15, -0.1) is 0 Å². The zero-order chi connectivity index (χ0) is 15.7. The fraction of sp³-hybridized carbons (Fsp3) is 0.0667. The average molecular weight is 314 g/mol. The maximum atomic E-state index is 12.1. The van der Waals surface area contributed by atoms with E-state index in [1.165, 1.54) is 12.1 Å². The van der Waals surface area contributed by atoms with Gasteiger partial charge in [-0.3, -0.25) is 19.7 Å². The number of hydrogen-bond acceptors (Lipinski definition) is 5. The zero-order valence-electron chi connectivity index (χ0n) is 11.2. The van der Waals surface area contributed by atoms with E-state index in [0.29, 0.717) is 11.1 Å². The van der Waals surface area contributed by atoms with Gasteiger partial charge in [0.05, 0.1) is 11.3 Å². The Morgan fingerprint density at radius 3 is 2.91 bits per heavy atom. The minimum atomic E-state index is -0.464. The highest BCUT2D eigenvalue weighted by Gasteiger charge is 2.18. The molecule has 0 saturated heterocycles. The summed E-state index contributed by atoms with van der Waals surface area (Å²) >= 11 is 1.01. The molecule has 0 atom stereocenters. The number of rotatable bonds is 4. The Morgan fingerprint density at radius 2 is 2.18 bits per heavy atom. The smallest absolute Gasteiger partial charge is 0.324 e. The number of fused-ring (bicyclic) bond motifs is 1. The van der Waals surface area contributed by atoms with Crippen LogP contribution in [0, 0.1) is 10.1 Å². The van der Waals surface area contributed by atoms with Crippen LogP contribution >= 0.6 is 11.3 Å². The highest BCUT2D eigenvalue weighted by molar-refractivity contribution is 7.13. The van der Waals surface area contributed by atoms with Crippen LogP contribution < -0.4 is 5.32 Å². The summed E-state index contributed by atoms with van der Waals surface area (Å²) in [5.41, 5.74) is 2.63. The number of nitrogens with zero attached hydrogens (tertiary/aromatic N) is 1. The molecule has 0 spiro atoms. The fourth-order valence-electron chi connectivity index (χ4n) is 2.17. The van der Waals surface area contributed by atoms with Crippen LogP contribution in [0.3, 0.4) is 0 Å². The maximum absolute atomic E-state index is 12.1. The SMILES string of the molecule is O=C1Cc2cc(C(=O)C=Cc3csc([N+](=O)[O-])c3)ccc2N1. The third-order valence-corrected chi connectivity index (χ3v) is 4.13. The number of thiophene rings is 1. The molecule has 1 N–H and O–H groups in total. The lowest BCUT2D eigenvalue weighted by Crippen LogP contribution is -2.03. The lowest BCUT2D eigenvalue weighted by Gasteiger charge is -2.00. The van der Waals surface area contributed by atoms with Crippen LogP contribution in [0.25, 0.3) is 6.08 Å². The Labute approximate surface area is 129 Å². The molecule has 1 aromatic carbocycles. The molecule has 0 radical (unpaired) electrons. The lowest BCUT2D eigenvalue weighted by molar-refractivity contribution is -0.380. The standard InChI is InChI=1S/C15H10N2O4S/c18-13(4-1-9-5-15(17(20)21)22-8-9)10-2-3-12-11(6-10)7-14(19)16-12/h1-6,8H,7H2,(H,16,19). The second kappa shape index (κ2) is 5.53. The molecule has 1 aliphatic heterocycles. The number of hydrogen-bond donors (Lipinski definition) is 1. The van der Waals surface area contributed by atoms with E-state index in [4.69, 9.17) is 0 Å². The number of anilines is 1. The first kappa shape index (κ1) is 14.2. The van der Waals surface area contributed by atoms with Gasteiger partial charge in [-0.2, -0.15) is 0 Å². The molecule has 0 bridgehead atoms. The van der Waals surface area contributed by atoms with E-state index in [-0.39, 0.29) is 23.1 Å². The van der Waals surface area contributed by atoms with Crippen LogP contribution in [0.4, 0.5) is 10.7 Å². The van der Waals surface area contributed by atoms with Gasteiger partial charge in [-0.05, 0) is 41.5 Å². The summed E-state index contributed by atoms with van der Waals surface area (Å²) in [4.78, 5) is 33.5. The van der Waals surface area contributed by atoms with E-state index in [9.17, 15) is 19.7 Å². The monoisotopic (exact) mass is 314 g/mol. The lowest BCUT2D eigenvalue weighted by atomic mass is 10.0. The van der Waals surface area contributed by atoms with Crippen molar-refractivity contribution < 1.29 is 14.5 Å². The first-order chi connectivity index (χ1) is 10.5. The second-order valence-electron chi connectivity index (χ2n) is 4.77. The van der Waals surface area contributed by atoms with Crippen molar-refractivity contribution in [2.45, 2.75) is 6.42 Å². The molecule has 6 nitrogen and oxygen atoms in total. The van der Waals surface area contributed by atoms with E-state index in [1.54, 1.807) is 29.7 Å². The van der Waals surface area contributed by atoms with Gasteiger partial charge in [0, 0.05) is 22.7 Å². The van der Waals surface area contributed by atoms with Crippen LogP contribution in [0.2, 0.25) is 0 Å². The summed E-state index contributed by atoms with van der Waals surface area (Å²) in [5.74, 6) is -0.295. The van der Waals surface area contributed by atoms with E-state index in [2.05, 4.69) is 5.32 Å². The van der Waals surface area contributed by atoms with Gasteiger partial charge in [-0.25, -0.2) is 0 Å². The molecule has 1 aromatic heterocycles. The molecule has 0 saturated carbocycles. The van der Waals surface area contributed by atoms with E-state index in [0.717, 1.165) is 22.6 Å². The molecule has 7 heteroatoms. The van der Waals surface area contributed by atoms with Crippen molar-refractivity contribution in [3.8, 4) is 0 Å². The topological polar surface area (TPSA) is 89.3 Å². The Morgan fingerprint density at radius 1 is 1.36 bits per heavy atom. The van der Waals surface area contributed by atoms with Gasteiger partial charge < -0.3 is 5.32 Å². The molecular weight excluding hydrogens is 304 g/mol. The molecule has 2 heterocycles. The average Bonchev–Trinajstić information content (AvgIpc) is 3.09. The number of carbonyl (C=O) groups excluding carboxylic acids is 2. The van der Waals surface area contributed by atoms with Gasteiger partial charge in [0.25, 0.3) is 0 Å². The molecule has 1 aliphatic rings. The Bertz CT molecular complexity index is 823. The number of ketones is 1. The van der Waals surface area contributed by atoms with Crippen LogP contribution in [0.5, 0.6) is 0 Å². The molecule has 110 valence electrons. The third kappa shape index (κ3) is 2.79. The molecule has 2 aromatic rings. The molecule has 22 heavy (non-hydrogen) atoms. The van der Waals surface area contributed by atoms with E-state index in [1.807, 2.05) is 0 Å². The summed E-state index contributed by atoms with van der Waals surface area (Å²) < 4.78 is 0. The third-order valence-electron chi connectivity index (χ3n) is 3.23. The summed E-state index contributed by atoms with van der Waals surface area (Å²) in [6.07, 6.45) is 3.19. The maximum Gasteiger partial charge on any atom is 0.324 e. The van der Waals surface area contributed by atoms with Crippen LogP contribution in [-0.2, 0) is 11.2 Å². The van der Waals surface area contributed by atoms with Crippen LogP contribution in [-0.4, -0.2) is 16.6 Å². The Kier molecular flexibility index (Phi) is 3.56. The predicted molar refractivity (Wildman–Crippen MR) is 83.1 cm³/mol. The highest BCUT2D eigenvalue weighted by Crippen LogP contribution is 2.25. The van der Waals surface area contributed by atoms with E-state index < -0.39 is 4.92 Å². The van der Waals surface area contributed by atoms with Gasteiger partial charge >= 0.3 is 5.00 Å². The fourth-order valence-corrected chi connectivity index (χ4v) is 2.87. The molecule has 0 aliphatic carbocycles. The molecule has 1 amide bonds. The summed E-state index contributed by atoms with van der Waals surface area (Å²) in [6, 6.07) is 6.46. The molecule has 0 fully saturated rings. The van der Waals surface area contributed by atoms with Crippen molar-refractivity contribution in [2.24, 2.45) is 0 Å². The van der Waals surface area contributed by atoms with Gasteiger partial charge in [0.15, 0.2) is 5.78 Å². The number of nitro groups is 1. The largest absolute Gasteiger partial charge is 0.326 e.